The number of aromatic nitrogens is 2. The molecule has 0 saturated heterocycles. The van der Waals surface area contributed by atoms with Gasteiger partial charge in [-0.1, -0.05) is 13.8 Å². The number of hydrogen-bond donors (Lipinski definition) is 2. The predicted octanol–water partition coefficient (Wildman–Crippen LogP) is 1.31. The van der Waals surface area contributed by atoms with Crippen LogP contribution in [0.2, 0.25) is 0 Å². The highest BCUT2D eigenvalue weighted by Crippen LogP contribution is 2.20. The van der Waals surface area contributed by atoms with E-state index in [9.17, 15) is 4.79 Å². The molecule has 0 unspecified atom stereocenters. The molecule has 1 heterocycles. The van der Waals surface area contributed by atoms with Crippen LogP contribution in [0, 0.1) is 5.41 Å². The van der Waals surface area contributed by atoms with Gasteiger partial charge in [0.1, 0.15) is 5.82 Å². The average molecular weight is 266 g/mol. The molecule has 0 aliphatic heterocycles. The van der Waals surface area contributed by atoms with Crippen molar-refractivity contribution in [2.24, 2.45) is 5.41 Å². The molecular formula is C13H22N4O2. The zero-order valence-electron chi connectivity index (χ0n) is 12.0. The van der Waals surface area contributed by atoms with E-state index in [1.165, 1.54) is 0 Å². The van der Waals surface area contributed by atoms with Crippen LogP contribution in [0.1, 0.15) is 30.8 Å². The second kappa shape index (κ2) is 7.04. The molecule has 1 amide bonds. The zero-order valence-corrected chi connectivity index (χ0v) is 12.0. The van der Waals surface area contributed by atoms with Crippen LogP contribution in [-0.2, 0) is 4.74 Å². The first kappa shape index (κ1) is 15.4. The minimum Gasteiger partial charge on any atom is -0.385 e. The first-order chi connectivity index (χ1) is 8.98. The highest BCUT2D eigenvalue weighted by atomic mass is 16.5. The lowest BCUT2D eigenvalue weighted by molar-refractivity contribution is 0.0957. The van der Waals surface area contributed by atoms with E-state index in [2.05, 4.69) is 34.7 Å². The molecule has 2 N–H and O–H groups in total. The Balaban J connectivity index is 2.52. The molecule has 6 heteroatoms. The van der Waals surface area contributed by atoms with Crippen molar-refractivity contribution in [1.82, 2.24) is 15.5 Å². The Kier molecular flexibility index (Phi) is 5.69. The number of carbonyl (C=O) groups excluding carboxylic acids is 1. The van der Waals surface area contributed by atoms with Gasteiger partial charge in [-0.25, -0.2) is 0 Å². The van der Waals surface area contributed by atoms with Crippen molar-refractivity contribution in [2.45, 2.75) is 20.3 Å². The summed E-state index contributed by atoms with van der Waals surface area (Å²) in [6.45, 7) is 5.82. The number of ether oxygens (including phenoxy) is 1. The van der Waals surface area contributed by atoms with Crippen LogP contribution in [-0.4, -0.2) is 43.4 Å². The molecule has 6 nitrogen and oxygen atoms in total. The maximum atomic E-state index is 11.3. The highest BCUT2D eigenvalue weighted by Gasteiger charge is 2.17. The van der Waals surface area contributed by atoms with Gasteiger partial charge < -0.3 is 15.4 Å². The molecule has 0 bridgehead atoms. The van der Waals surface area contributed by atoms with Gasteiger partial charge in [0.25, 0.3) is 5.91 Å². The van der Waals surface area contributed by atoms with Crippen LogP contribution in [0.4, 0.5) is 5.82 Å². The normalized spacial score (nSPS) is 11.2. The van der Waals surface area contributed by atoms with Crippen LogP contribution >= 0.6 is 0 Å². The minimum atomic E-state index is -0.237. The third kappa shape index (κ3) is 5.21. The van der Waals surface area contributed by atoms with Crippen LogP contribution in [0.25, 0.3) is 0 Å². The lowest BCUT2D eigenvalue weighted by atomic mass is 9.90. The molecule has 1 aromatic heterocycles. The lowest BCUT2D eigenvalue weighted by Gasteiger charge is -2.24. The quantitative estimate of drug-likeness (QED) is 0.778. The van der Waals surface area contributed by atoms with Crippen LogP contribution in [0.5, 0.6) is 0 Å². The summed E-state index contributed by atoms with van der Waals surface area (Å²) in [5.41, 5.74) is 0.420. The maximum absolute atomic E-state index is 11.3. The van der Waals surface area contributed by atoms with E-state index in [0.717, 1.165) is 19.6 Å². The van der Waals surface area contributed by atoms with Crippen molar-refractivity contribution < 1.29 is 9.53 Å². The number of nitrogens with one attached hydrogen (secondary N) is 2. The fourth-order valence-electron chi connectivity index (χ4n) is 1.47. The van der Waals surface area contributed by atoms with Crippen LogP contribution in [0.3, 0.4) is 0 Å². The number of anilines is 1. The third-order valence-electron chi connectivity index (χ3n) is 2.86. The van der Waals surface area contributed by atoms with Gasteiger partial charge in [0.2, 0.25) is 0 Å². The fourth-order valence-corrected chi connectivity index (χ4v) is 1.47. The molecule has 1 rings (SSSR count). The van der Waals surface area contributed by atoms with E-state index in [0.29, 0.717) is 11.5 Å². The summed E-state index contributed by atoms with van der Waals surface area (Å²) >= 11 is 0. The van der Waals surface area contributed by atoms with E-state index in [1.807, 2.05) is 0 Å². The van der Waals surface area contributed by atoms with Gasteiger partial charge in [-0.2, -0.15) is 0 Å². The van der Waals surface area contributed by atoms with Crippen molar-refractivity contribution in [3.8, 4) is 0 Å². The molecule has 0 radical (unpaired) electrons. The fraction of sp³-hybridized carbons (Fsp3) is 0.615. The summed E-state index contributed by atoms with van der Waals surface area (Å²) in [4.78, 5) is 11.3. The molecule has 19 heavy (non-hydrogen) atoms. The van der Waals surface area contributed by atoms with E-state index in [1.54, 1.807) is 26.3 Å². The summed E-state index contributed by atoms with van der Waals surface area (Å²) < 4.78 is 5.08. The van der Waals surface area contributed by atoms with Crippen molar-refractivity contribution in [2.75, 3.05) is 32.6 Å². The molecule has 0 fully saturated rings. The Hall–Kier alpha value is -1.69. The molecule has 0 aliphatic rings. The SMILES string of the molecule is CNC(=O)c1ccc(NCC(C)(C)CCOC)nn1. The van der Waals surface area contributed by atoms with Gasteiger partial charge in [-0.15, -0.1) is 10.2 Å². The second-order valence-electron chi connectivity index (χ2n) is 5.14. The Morgan fingerprint density at radius 1 is 1.37 bits per heavy atom. The highest BCUT2D eigenvalue weighted by molar-refractivity contribution is 5.91. The molecular weight excluding hydrogens is 244 g/mol. The number of hydrogen-bond acceptors (Lipinski definition) is 5. The number of amides is 1. The smallest absolute Gasteiger partial charge is 0.271 e. The van der Waals surface area contributed by atoms with E-state index < -0.39 is 0 Å². The number of methoxy groups -OCH3 is 1. The van der Waals surface area contributed by atoms with Crippen molar-refractivity contribution in [3.05, 3.63) is 17.8 Å². The predicted molar refractivity (Wildman–Crippen MR) is 74.2 cm³/mol. The monoisotopic (exact) mass is 266 g/mol. The summed E-state index contributed by atoms with van der Waals surface area (Å²) in [6, 6.07) is 3.40. The van der Waals surface area contributed by atoms with Gasteiger partial charge >= 0.3 is 0 Å². The van der Waals surface area contributed by atoms with Crippen LogP contribution in [0.15, 0.2) is 12.1 Å². The maximum Gasteiger partial charge on any atom is 0.271 e. The molecule has 0 spiro atoms. The van der Waals surface area contributed by atoms with Crippen molar-refractivity contribution in [1.29, 1.82) is 0 Å². The molecule has 1 aromatic rings. The summed E-state index contributed by atoms with van der Waals surface area (Å²) in [7, 11) is 3.26. The Labute approximate surface area is 113 Å². The molecule has 0 atom stereocenters. The van der Waals surface area contributed by atoms with E-state index in [-0.39, 0.29) is 11.3 Å². The van der Waals surface area contributed by atoms with Gasteiger partial charge in [-0.05, 0) is 24.0 Å². The topological polar surface area (TPSA) is 76.1 Å². The number of carbonyl (C=O) groups is 1. The zero-order chi connectivity index (χ0) is 14.3. The summed E-state index contributed by atoms with van der Waals surface area (Å²) in [5.74, 6) is 0.428. The average Bonchev–Trinajstić information content (AvgIpc) is 2.43. The van der Waals surface area contributed by atoms with E-state index in [4.69, 9.17) is 4.74 Å². The van der Waals surface area contributed by atoms with Crippen molar-refractivity contribution >= 4 is 11.7 Å². The Morgan fingerprint density at radius 2 is 2.11 bits per heavy atom. The Bertz CT molecular complexity index is 404. The summed E-state index contributed by atoms with van der Waals surface area (Å²) in [6.07, 6.45) is 0.959. The van der Waals surface area contributed by atoms with E-state index >= 15 is 0 Å². The van der Waals surface area contributed by atoms with Gasteiger partial charge in [0.05, 0.1) is 0 Å². The van der Waals surface area contributed by atoms with Gasteiger partial charge in [0.15, 0.2) is 5.69 Å². The molecule has 0 saturated carbocycles. The summed E-state index contributed by atoms with van der Waals surface area (Å²) in [5, 5.41) is 13.6. The third-order valence-corrected chi connectivity index (χ3v) is 2.86. The minimum absolute atomic E-state index is 0.108. The van der Waals surface area contributed by atoms with Crippen LogP contribution < -0.4 is 10.6 Å². The number of rotatable bonds is 7. The largest absolute Gasteiger partial charge is 0.385 e. The standard InChI is InChI=1S/C13H22N4O2/c1-13(2,7-8-19-4)9-15-11-6-5-10(16-17-11)12(18)14-3/h5-6H,7-9H2,1-4H3,(H,14,18)(H,15,17). The second-order valence-corrected chi connectivity index (χ2v) is 5.14. The Morgan fingerprint density at radius 3 is 2.63 bits per heavy atom. The lowest BCUT2D eigenvalue weighted by Crippen LogP contribution is -2.25. The first-order valence-electron chi connectivity index (χ1n) is 6.27. The first-order valence-corrected chi connectivity index (χ1v) is 6.27. The van der Waals surface area contributed by atoms with Gasteiger partial charge in [-0.3, -0.25) is 4.79 Å². The molecule has 106 valence electrons. The molecule has 0 aliphatic carbocycles. The molecule has 0 aromatic carbocycles. The number of nitrogens with zero attached hydrogens (tertiary/aromatic N) is 2. The van der Waals surface area contributed by atoms with Crippen molar-refractivity contribution in [3.63, 3.8) is 0 Å². The van der Waals surface area contributed by atoms with Gasteiger partial charge in [0, 0.05) is 27.3 Å².